The second-order valence-electron chi connectivity index (χ2n) is 4.96. The molecule has 3 nitrogen and oxygen atoms in total. The molecule has 108 valence electrons. The predicted molar refractivity (Wildman–Crippen MR) is 86.5 cm³/mol. The van der Waals surface area contributed by atoms with Gasteiger partial charge in [-0.15, -0.1) is 0 Å². The number of rotatable bonds is 6. The summed E-state index contributed by atoms with van der Waals surface area (Å²) in [5.41, 5.74) is 9.10. The number of hydrogen-bond donors (Lipinski definition) is 2. The smallest absolute Gasteiger partial charge is 0.237 e. The zero-order valence-corrected chi connectivity index (χ0v) is 12.0. The molecule has 0 saturated carbocycles. The number of benzene rings is 2. The first-order valence-corrected chi connectivity index (χ1v) is 6.97. The molecule has 0 aliphatic rings. The molecule has 0 aromatic heterocycles. The fourth-order valence-corrected chi connectivity index (χ4v) is 2.05. The van der Waals surface area contributed by atoms with Crippen LogP contribution in [-0.2, 0) is 17.8 Å². The highest BCUT2D eigenvalue weighted by atomic mass is 16.2. The first kappa shape index (κ1) is 15.0. The fourth-order valence-electron chi connectivity index (χ4n) is 2.05. The number of carbonyl (C=O) groups is 1. The van der Waals surface area contributed by atoms with Gasteiger partial charge in [0, 0.05) is 6.54 Å². The second kappa shape index (κ2) is 7.41. The van der Waals surface area contributed by atoms with Crippen LogP contribution in [-0.4, -0.2) is 11.9 Å². The molecule has 1 amide bonds. The third kappa shape index (κ3) is 4.58. The minimum absolute atomic E-state index is 0.133. The Balaban J connectivity index is 1.84. The van der Waals surface area contributed by atoms with Crippen LogP contribution in [0.3, 0.4) is 0 Å². The summed E-state index contributed by atoms with van der Waals surface area (Å²) in [7, 11) is 0. The van der Waals surface area contributed by atoms with Crippen LogP contribution in [0, 0.1) is 0 Å². The lowest BCUT2D eigenvalue weighted by Gasteiger charge is -2.12. The van der Waals surface area contributed by atoms with E-state index in [1.165, 1.54) is 0 Å². The van der Waals surface area contributed by atoms with E-state index in [2.05, 4.69) is 11.9 Å². The molecule has 21 heavy (non-hydrogen) atoms. The number of hydrogen-bond acceptors (Lipinski definition) is 2. The normalized spacial score (nSPS) is 11.7. The van der Waals surface area contributed by atoms with Crippen molar-refractivity contribution < 1.29 is 4.79 Å². The summed E-state index contributed by atoms with van der Waals surface area (Å²) in [4.78, 5) is 12.0. The highest BCUT2D eigenvalue weighted by molar-refractivity contribution is 5.81. The van der Waals surface area contributed by atoms with Gasteiger partial charge in [-0.3, -0.25) is 4.79 Å². The van der Waals surface area contributed by atoms with Gasteiger partial charge in [-0.05, 0) is 23.1 Å². The third-order valence-corrected chi connectivity index (χ3v) is 3.32. The molecule has 0 fully saturated rings. The molecule has 0 aliphatic carbocycles. The van der Waals surface area contributed by atoms with Crippen molar-refractivity contribution in [1.29, 1.82) is 0 Å². The monoisotopic (exact) mass is 280 g/mol. The van der Waals surface area contributed by atoms with Crippen LogP contribution in [0.2, 0.25) is 0 Å². The van der Waals surface area contributed by atoms with Crippen molar-refractivity contribution in [2.75, 3.05) is 0 Å². The number of nitrogens with one attached hydrogen (secondary N) is 1. The number of amides is 1. The van der Waals surface area contributed by atoms with Gasteiger partial charge < -0.3 is 11.1 Å². The van der Waals surface area contributed by atoms with E-state index in [9.17, 15) is 4.79 Å². The lowest BCUT2D eigenvalue weighted by atomic mass is 10.1. The van der Waals surface area contributed by atoms with Gasteiger partial charge in [-0.1, -0.05) is 67.3 Å². The Morgan fingerprint density at radius 3 is 2.38 bits per heavy atom. The first-order chi connectivity index (χ1) is 10.2. The molecule has 2 aromatic rings. The summed E-state index contributed by atoms with van der Waals surface area (Å²) >= 11 is 0. The van der Waals surface area contributed by atoms with Gasteiger partial charge in [-0.2, -0.15) is 0 Å². The zero-order chi connectivity index (χ0) is 15.1. The molecule has 0 heterocycles. The van der Waals surface area contributed by atoms with E-state index in [1.54, 1.807) is 6.08 Å². The van der Waals surface area contributed by atoms with Gasteiger partial charge in [0.25, 0.3) is 0 Å². The van der Waals surface area contributed by atoms with Crippen LogP contribution in [0.15, 0.2) is 61.2 Å². The van der Waals surface area contributed by atoms with Crippen LogP contribution >= 0.6 is 0 Å². The van der Waals surface area contributed by atoms with Crippen LogP contribution in [0.5, 0.6) is 0 Å². The lowest BCUT2D eigenvalue weighted by Crippen LogP contribution is -2.41. The molecule has 0 saturated heterocycles. The molecular formula is C18H20N2O. The SMILES string of the molecule is C=Cc1ccc(CNC(=O)C(N)Cc2ccccc2)cc1. The van der Waals surface area contributed by atoms with E-state index in [0.29, 0.717) is 13.0 Å². The van der Waals surface area contributed by atoms with Crippen molar-refractivity contribution in [3.05, 3.63) is 77.9 Å². The Hall–Kier alpha value is -2.39. The summed E-state index contributed by atoms with van der Waals surface area (Å²) in [5, 5.41) is 2.87. The van der Waals surface area contributed by atoms with Crippen molar-refractivity contribution in [2.45, 2.75) is 19.0 Å². The van der Waals surface area contributed by atoms with Crippen LogP contribution in [0.4, 0.5) is 0 Å². The summed E-state index contributed by atoms with van der Waals surface area (Å²) < 4.78 is 0. The fraction of sp³-hybridized carbons (Fsp3) is 0.167. The van der Waals surface area contributed by atoms with Gasteiger partial charge in [0.05, 0.1) is 6.04 Å². The van der Waals surface area contributed by atoms with Gasteiger partial charge >= 0.3 is 0 Å². The molecule has 2 rings (SSSR count). The van der Waals surface area contributed by atoms with Gasteiger partial charge in [0.1, 0.15) is 0 Å². The first-order valence-electron chi connectivity index (χ1n) is 6.97. The molecule has 3 heteroatoms. The Kier molecular flexibility index (Phi) is 5.29. The quantitative estimate of drug-likeness (QED) is 0.854. The van der Waals surface area contributed by atoms with Crippen molar-refractivity contribution in [2.24, 2.45) is 5.73 Å². The molecule has 1 unspecified atom stereocenters. The van der Waals surface area contributed by atoms with E-state index in [4.69, 9.17) is 5.73 Å². The van der Waals surface area contributed by atoms with Gasteiger partial charge in [0.15, 0.2) is 0 Å². The average Bonchev–Trinajstić information content (AvgIpc) is 2.54. The van der Waals surface area contributed by atoms with E-state index in [1.807, 2.05) is 54.6 Å². The Morgan fingerprint density at radius 2 is 1.76 bits per heavy atom. The predicted octanol–water partition coefficient (Wildman–Crippen LogP) is 2.52. The maximum atomic E-state index is 12.0. The molecule has 3 N–H and O–H groups in total. The number of nitrogens with two attached hydrogens (primary N) is 1. The highest BCUT2D eigenvalue weighted by Gasteiger charge is 2.13. The summed E-state index contributed by atoms with van der Waals surface area (Å²) in [6.07, 6.45) is 2.33. The summed E-state index contributed by atoms with van der Waals surface area (Å²) in [5.74, 6) is -0.133. The Morgan fingerprint density at radius 1 is 1.10 bits per heavy atom. The maximum Gasteiger partial charge on any atom is 0.237 e. The van der Waals surface area contributed by atoms with Crippen molar-refractivity contribution in [3.8, 4) is 0 Å². The molecule has 0 radical (unpaired) electrons. The molecule has 0 bridgehead atoms. The molecule has 1 atom stereocenters. The van der Waals surface area contributed by atoms with Crippen LogP contribution in [0.25, 0.3) is 6.08 Å². The minimum atomic E-state index is -0.528. The average molecular weight is 280 g/mol. The largest absolute Gasteiger partial charge is 0.351 e. The van der Waals surface area contributed by atoms with E-state index in [0.717, 1.165) is 16.7 Å². The van der Waals surface area contributed by atoms with Crippen molar-refractivity contribution >= 4 is 12.0 Å². The van der Waals surface area contributed by atoms with Gasteiger partial charge in [0.2, 0.25) is 5.91 Å². The van der Waals surface area contributed by atoms with Crippen LogP contribution < -0.4 is 11.1 Å². The Labute approximate surface area is 125 Å². The van der Waals surface area contributed by atoms with E-state index < -0.39 is 6.04 Å². The van der Waals surface area contributed by atoms with Crippen molar-refractivity contribution in [3.63, 3.8) is 0 Å². The molecule has 2 aromatic carbocycles. The summed E-state index contributed by atoms with van der Waals surface area (Å²) in [6.45, 7) is 4.20. The second-order valence-corrected chi connectivity index (χ2v) is 4.96. The van der Waals surface area contributed by atoms with E-state index in [-0.39, 0.29) is 5.91 Å². The third-order valence-electron chi connectivity index (χ3n) is 3.32. The molecule has 0 spiro atoms. The maximum absolute atomic E-state index is 12.0. The standard InChI is InChI=1S/C18H20N2O/c1-2-14-8-10-16(11-9-14)13-20-18(21)17(19)12-15-6-4-3-5-7-15/h2-11,17H,1,12-13,19H2,(H,20,21). The number of carbonyl (C=O) groups excluding carboxylic acids is 1. The van der Waals surface area contributed by atoms with Crippen molar-refractivity contribution in [1.82, 2.24) is 5.32 Å². The summed E-state index contributed by atoms with van der Waals surface area (Å²) in [6, 6.07) is 17.1. The minimum Gasteiger partial charge on any atom is -0.351 e. The lowest BCUT2D eigenvalue weighted by molar-refractivity contribution is -0.122. The van der Waals surface area contributed by atoms with Crippen LogP contribution in [0.1, 0.15) is 16.7 Å². The highest BCUT2D eigenvalue weighted by Crippen LogP contribution is 2.06. The zero-order valence-electron chi connectivity index (χ0n) is 12.0. The molecular weight excluding hydrogens is 260 g/mol. The Bertz CT molecular complexity index is 590. The van der Waals surface area contributed by atoms with E-state index >= 15 is 0 Å². The molecule has 0 aliphatic heterocycles. The van der Waals surface area contributed by atoms with Gasteiger partial charge in [-0.25, -0.2) is 0 Å². The topological polar surface area (TPSA) is 55.1 Å².